The lowest BCUT2D eigenvalue weighted by Gasteiger charge is -2.16. The zero-order chi connectivity index (χ0) is 13.0. The molecule has 0 saturated heterocycles. The van der Waals surface area contributed by atoms with Gasteiger partial charge in [0, 0.05) is 6.04 Å². The van der Waals surface area contributed by atoms with Crippen molar-refractivity contribution < 1.29 is 4.39 Å². The highest BCUT2D eigenvalue weighted by Crippen LogP contribution is 2.24. The van der Waals surface area contributed by atoms with Crippen LogP contribution in [0.25, 0.3) is 0 Å². The average molecular weight is 265 g/mol. The Balaban J connectivity index is 2.22. The maximum Gasteiger partial charge on any atom is 0.126 e. The molecule has 0 amide bonds. The maximum atomic E-state index is 13.7. The van der Waals surface area contributed by atoms with Crippen LogP contribution in [0.3, 0.4) is 0 Å². The minimum absolute atomic E-state index is 0.0758. The van der Waals surface area contributed by atoms with Crippen molar-refractivity contribution in [3.63, 3.8) is 0 Å². The zero-order valence-electron chi connectivity index (χ0n) is 10.5. The van der Waals surface area contributed by atoms with Gasteiger partial charge in [-0.25, -0.2) is 4.39 Å². The van der Waals surface area contributed by atoms with Gasteiger partial charge in [0.05, 0.1) is 10.6 Å². The largest absolute Gasteiger partial charge is 0.309 e. The minimum Gasteiger partial charge on any atom is -0.309 e. The van der Waals surface area contributed by atoms with Gasteiger partial charge in [-0.2, -0.15) is 0 Å². The number of hydrogen-bond donors (Lipinski definition) is 1. The Labute approximate surface area is 110 Å². The van der Waals surface area contributed by atoms with E-state index in [4.69, 9.17) is 0 Å². The first-order valence-corrected chi connectivity index (χ1v) is 6.75. The lowest BCUT2D eigenvalue weighted by atomic mass is 10.0. The van der Waals surface area contributed by atoms with Gasteiger partial charge in [-0.3, -0.25) is 0 Å². The van der Waals surface area contributed by atoms with Crippen LogP contribution in [0.2, 0.25) is 0 Å². The maximum absolute atomic E-state index is 13.7. The molecule has 0 fully saturated rings. The van der Waals surface area contributed by atoms with Gasteiger partial charge in [0.2, 0.25) is 0 Å². The van der Waals surface area contributed by atoms with Crippen molar-refractivity contribution in [3.8, 4) is 0 Å². The molecule has 1 unspecified atom stereocenters. The van der Waals surface area contributed by atoms with Crippen molar-refractivity contribution >= 4 is 11.5 Å². The van der Waals surface area contributed by atoms with Crippen LogP contribution in [-0.4, -0.2) is 16.1 Å². The van der Waals surface area contributed by atoms with Gasteiger partial charge in [-0.15, -0.1) is 5.10 Å². The Morgan fingerprint density at radius 3 is 2.78 bits per heavy atom. The first-order valence-electron chi connectivity index (χ1n) is 5.98. The van der Waals surface area contributed by atoms with Crippen LogP contribution in [0, 0.1) is 12.7 Å². The quantitative estimate of drug-likeness (QED) is 0.903. The van der Waals surface area contributed by atoms with E-state index in [-0.39, 0.29) is 11.9 Å². The summed E-state index contributed by atoms with van der Waals surface area (Å²) in [4.78, 5) is 1.08. The number of nitrogens with zero attached hydrogens (tertiary/aromatic N) is 2. The second-order valence-corrected chi connectivity index (χ2v) is 4.91. The summed E-state index contributed by atoms with van der Waals surface area (Å²) in [6.07, 6.45) is 0.616. The zero-order valence-corrected chi connectivity index (χ0v) is 11.3. The SMILES string of the molecule is CCNC(Cc1ccccc1F)c1snnc1C. The normalized spacial score (nSPS) is 12.6. The Morgan fingerprint density at radius 1 is 1.39 bits per heavy atom. The Bertz CT molecular complexity index is 512. The summed E-state index contributed by atoms with van der Waals surface area (Å²) in [7, 11) is 0. The van der Waals surface area contributed by atoms with Gasteiger partial charge in [0.1, 0.15) is 5.82 Å². The third-order valence-electron chi connectivity index (χ3n) is 2.84. The summed E-state index contributed by atoms with van der Waals surface area (Å²) in [6.45, 7) is 4.80. The fraction of sp³-hybridized carbons (Fsp3) is 0.385. The molecule has 0 aliphatic carbocycles. The number of rotatable bonds is 5. The summed E-state index contributed by atoms with van der Waals surface area (Å²) in [5, 5.41) is 7.38. The summed E-state index contributed by atoms with van der Waals surface area (Å²) < 4.78 is 17.6. The highest BCUT2D eigenvalue weighted by molar-refractivity contribution is 7.05. The molecule has 0 saturated carbocycles. The monoisotopic (exact) mass is 265 g/mol. The molecule has 18 heavy (non-hydrogen) atoms. The van der Waals surface area contributed by atoms with E-state index in [1.54, 1.807) is 6.07 Å². The van der Waals surface area contributed by atoms with Crippen molar-refractivity contribution in [3.05, 3.63) is 46.2 Å². The average Bonchev–Trinajstić information content (AvgIpc) is 2.78. The fourth-order valence-corrected chi connectivity index (χ4v) is 2.66. The van der Waals surface area contributed by atoms with Crippen LogP contribution in [0.4, 0.5) is 4.39 Å². The van der Waals surface area contributed by atoms with E-state index in [9.17, 15) is 4.39 Å². The molecule has 96 valence electrons. The standard InChI is InChI=1S/C13H16FN3S/c1-3-15-12(13-9(2)16-17-18-13)8-10-6-4-5-7-11(10)14/h4-7,12,15H,3,8H2,1-2H3. The van der Waals surface area contributed by atoms with Crippen LogP contribution >= 0.6 is 11.5 Å². The van der Waals surface area contributed by atoms with Gasteiger partial charge in [-0.05, 0) is 43.1 Å². The number of benzene rings is 1. The first-order chi connectivity index (χ1) is 8.72. The fourth-order valence-electron chi connectivity index (χ4n) is 1.94. The number of halogens is 1. The number of hydrogen-bond acceptors (Lipinski definition) is 4. The van der Waals surface area contributed by atoms with E-state index >= 15 is 0 Å². The molecular weight excluding hydrogens is 249 g/mol. The number of nitrogens with one attached hydrogen (secondary N) is 1. The molecule has 1 N–H and O–H groups in total. The second-order valence-electron chi connectivity index (χ2n) is 4.13. The molecule has 0 spiro atoms. The van der Waals surface area contributed by atoms with E-state index in [1.165, 1.54) is 17.6 Å². The van der Waals surface area contributed by atoms with Crippen LogP contribution in [0.1, 0.15) is 29.1 Å². The summed E-state index contributed by atoms with van der Waals surface area (Å²) in [6, 6.07) is 6.96. The van der Waals surface area contributed by atoms with Crippen molar-refractivity contribution in [2.75, 3.05) is 6.54 Å². The molecule has 3 nitrogen and oxygen atoms in total. The molecule has 0 bridgehead atoms. The summed E-state index contributed by atoms with van der Waals surface area (Å²) >= 11 is 1.38. The van der Waals surface area contributed by atoms with Crippen LogP contribution in [0.5, 0.6) is 0 Å². The van der Waals surface area contributed by atoms with E-state index in [2.05, 4.69) is 14.9 Å². The molecule has 5 heteroatoms. The lowest BCUT2D eigenvalue weighted by Crippen LogP contribution is -2.23. The third-order valence-corrected chi connectivity index (χ3v) is 3.78. The predicted octanol–water partition coefficient (Wildman–Crippen LogP) is 2.88. The van der Waals surface area contributed by atoms with Crippen molar-refractivity contribution in [2.24, 2.45) is 0 Å². The second kappa shape index (κ2) is 6.02. The number of likely N-dealkylation sites (N-methyl/N-ethyl adjacent to an activating group) is 1. The smallest absolute Gasteiger partial charge is 0.126 e. The van der Waals surface area contributed by atoms with Crippen LogP contribution in [0.15, 0.2) is 24.3 Å². The number of aryl methyl sites for hydroxylation is 1. The number of aromatic nitrogens is 2. The van der Waals surface area contributed by atoms with Crippen molar-refractivity contribution in [1.29, 1.82) is 0 Å². The molecule has 0 aliphatic rings. The van der Waals surface area contributed by atoms with Crippen molar-refractivity contribution in [2.45, 2.75) is 26.3 Å². The van der Waals surface area contributed by atoms with Gasteiger partial charge < -0.3 is 5.32 Å². The van der Waals surface area contributed by atoms with E-state index in [1.807, 2.05) is 26.0 Å². The van der Waals surface area contributed by atoms with E-state index < -0.39 is 0 Å². The van der Waals surface area contributed by atoms with Gasteiger partial charge in [0.25, 0.3) is 0 Å². The van der Waals surface area contributed by atoms with Gasteiger partial charge in [0.15, 0.2) is 0 Å². The minimum atomic E-state index is -0.157. The Morgan fingerprint density at radius 2 is 2.17 bits per heavy atom. The van der Waals surface area contributed by atoms with Crippen LogP contribution in [-0.2, 0) is 6.42 Å². The third kappa shape index (κ3) is 2.91. The lowest BCUT2D eigenvalue weighted by molar-refractivity contribution is 0.532. The summed E-state index contributed by atoms with van der Waals surface area (Å²) in [5.74, 6) is -0.157. The molecular formula is C13H16FN3S. The first kappa shape index (κ1) is 13.1. The van der Waals surface area contributed by atoms with Crippen LogP contribution < -0.4 is 5.32 Å². The van der Waals surface area contributed by atoms with E-state index in [0.717, 1.165) is 22.7 Å². The molecule has 1 aromatic carbocycles. The highest BCUT2D eigenvalue weighted by atomic mass is 32.1. The Kier molecular flexibility index (Phi) is 4.38. The molecule has 0 radical (unpaired) electrons. The van der Waals surface area contributed by atoms with Crippen molar-refractivity contribution in [1.82, 2.24) is 14.9 Å². The molecule has 1 heterocycles. The van der Waals surface area contributed by atoms with E-state index in [0.29, 0.717) is 6.42 Å². The molecule has 1 atom stereocenters. The molecule has 2 aromatic rings. The van der Waals surface area contributed by atoms with Gasteiger partial charge >= 0.3 is 0 Å². The van der Waals surface area contributed by atoms with Gasteiger partial charge in [-0.1, -0.05) is 29.6 Å². The molecule has 2 rings (SSSR count). The molecule has 0 aliphatic heterocycles. The molecule has 1 aromatic heterocycles. The predicted molar refractivity (Wildman–Crippen MR) is 71.2 cm³/mol. The summed E-state index contributed by atoms with van der Waals surface area (Å²) in [5.41, 5.74) is 1.64. The highest BCUT2D eigenvalue weighted by Gasteiger charge is 2.18. The topological polar surface area (TPSA) is 37.8 Å². The Hall–Kier alpha value is -1.33.